The fraction of sp³-hybridized carbons (Fsp3) is 0.545. The molecule has 102 valence electrons. The van der Waals surface area contributed by atoms with Gasteiger partial charge in [0, 0.05) is 6.07 Å². The van der Waals surface area contributed by atoms with Crippen LogP contribution in [0.3, 0.4) is 0 Å². The van der Waals surface area contributed by atoms with Crippen LogP contribution in [0.15, 0.2) is 15.4 Å². The van der Waals surface area contributed by atoms with Gasteiger partial charge in [-0.2, -0.15) is 0 Å². The van der Waals surface area contributed by atoms with E-state index in [9.17, 15) is 13.2 Å². The fourth-order valence-corrected chi connectivity index (χ4v) is 1.93. The minimum Gasteiger partial charge on any atom is -0.457 e. The Kier molecular flexibility index (Phi) is 4.18. The van der Waals surface area contributed by atoms with Gasteiger partial charge in [0.25, 0.3) is 0 Å². The van der Waals surface area contributed by atoms with Crippen molar-refractivity contribution in [2.24, 2.45) is 11.1 Å². The predicted molar refractivity (Wildman–Crippen MR) is 64.5 cm³/mol. The molecule has 0 spiro atoms. The van der Waals surface area contributed by atoms with Crippen LogP contribution in [0, 0.1) is 12.8 Å². The topological polar surface area (TPSA) is 99.6 Å². The third-order valence-electron chi connectivity index (χ3n) is 2.61. The Bertz CT molecular complexity index is 544. The maximum Gasteiger partial charge on any atom is 0.374 e. The van der Waals surface area contributed by atoms with Crippen LogP contribution in [0.1, 0.15) is 37.1 Å². The molecule has 0 aliphatic carbocycles. The van der Waals surface area contributed by atoms with E-state index in [0.29, 0.717) is 0 Å². The highest BCUT2D eigenvalue weighted by Gasteiger charge is 2.23. The zero-order chi connectivity index (χ0) is 14.1. The molecule has 1 atom stereocenters. The summed E-state index contributed by atoms with van der Waals surface area (Å²) >= 11 is 0. The number of hydrogen-bond acceptors (Lipinski definition) is 5. The Balaban J connectivity index is 2.96. The predicted octanol–water partition coefficient (Wildman–Crippen LogP) is 1.44. The summed E-state index contributed by atoms with van der Waals surface area (Å²) in [6.07, 6.45) is -0.291. The molecular formula is C11H17NO5S. The fourth-order valence-electron chi connectivity index (χ4n) is 1.21. The standard InChI is InChI=1S/C11H17NO5S/c1-6(2)7(3)17-11(13)9-5-10(8(4)16-9)18(12,14)15/h5-7H,1-4H3,(H2,12,14,15). The van der Waals surface area contributed by atoms with Crippen molar-refractivity contribution >= 4 is 16.0 Å². The molecule has 18 heavy (non-hydrogen) atoms. The zero-order valence-corrected chi connectivity index (χ0v) is 11.6. The van der Waals surface area contributed by atoms with Crippen molar-refractivity contribution in [1.82, 2.24) is 0 Å². The van der Waals surface area contributed by atoms with Gasteiger partial charge in [-0.3, -0.25) is 0 Å². The Morgan fingerprint density at radius 1 is 1.39 bits per heavy atom. The lowest BCUT2D eigenvalue weighted by atomic mass is 10.1. The second-order valence-electron chi connectivity index (χ2n) is 4.43. The van der Waals surface area contributed by atoms with Gasteiger partial charge in [-0.15, -0.1) is 0 Å². The van der Waals surface area contributed by atoms with Gasteiger partial charge in [-0.25, -0.2) is 18.4 Å². The molecule has 6 nitrogen and oxygen atoms in total. The van der Waals surface area contributed by atoms with Crippen LogP contribution >= 0.6 is 0 Å². The van der Waals surface area contributed by atoms with E-state index in [-0.39, 0.29) is 28.4 Å². The quantitative estimate of drug-likeness (QED) is 0.838. The van der Waals surface area contributed by atoms with Gasteiger partial charge >= 0.3 is 5.97 Å². The van der Waals surface area contributed by atoms with Gasteiger partial charge in [-0.05, 0) is 19.8 Å². The van der Waals surface area contributed by atoms with Crippen LogP contribution in [0.25, 0.3) is 0 Å². The first kappa shape index (κ1) is 14.7. The van der Waals surface area contributed by atoms with Crippen LogP contribution in [-0.2, 0) is 14.8 Å². The molecule has 1 heterocycles. The smallest absolute Gasteiger partial charge is 0.374 e. The molecule has 7 heteroatoms. The molecule has 0 aliphatic rings. The number of nitrogens with two attached hydrogens (primary N) is 1. The van der Waals surface area contributed by atoms with Crippen molar-refractivity contribution in [2.75, 3.05) is 0 Å². The molecule has 0 saturated carbocycles. The molecule has 1 aromatic rings. The van der Waals surface area contributed by atoms with E-state index in [4.69, 9.17) is 14.3 Å². The molecule has 1 unspecified atom stereocenters. The van der Waals surface area contributed by atoms with Gasteiger partial charge in [0.05, 0.1) is 0 Å². The summed E-state index contributed by atoms with van der Waals surface area (Å²) in [6.45, 7) is 6.98. The second-order valence-corrected chi connectivity index (χ2v) is 5.96. The van der Waals surface area contributed by atoms with Crippen molar-refractivity contribution < 1.29 is 22.4 Å². The van der Waals surface area contributed by atoms with Gasteiger partial charge in [-0.1, -0.05) is 13.8 Å². The van der Waals surface area contributed by atoms with Crippen LogP contribution in [0.4, 0.5) is 0 Å². The van der Waals surface area contributed by atoms with Crippen LogP contribution in [0.5, 0.6) is 0 Å². The van der Waals surface area contributed by atoms with Gasteiger partial charge in [0.2, 0.25) is 15.8 Å². The minimum atomic E-state index is -3.89. The first-order valence-electron chi connectivity index (χ1n) is 5.47. The van der Waals surface area contributed by atoms with Gasteiger partial charge in [0.1, 0.15) is 16.8 Å². The summed E-state index contributed by atoms with van der Waals surface area (Å²) in [6, 6.07) is 1.08. The van der Waals surface area contributed by atoms with Crippen LogP contribution in [0.2, 0.25) is 0 Å². The van der Waals surface area contributed by atoms with Crippen molar-refractivity contribution in [1.29, 1.82) is 0 Å². The van der Waals surface area contributed by atoms with Crippen LogP contribution < -0.4 is 5.14 Å². The number of ether oxygens (including phenoxy) is 1. The number of esters is 1. The molecule has 1 aromatic heterocycles. The highest BCUT2D eigenvalue weighted by molar-refractivity contribution is 7.89. The Morgan fingerprint density at radius 3 is 2.33 bits per heavy atom. The highest BCUT2D eigenvalue weighted by Crippen LogP contribution is 2.20. The van der Waals surface area contributed by atoms with Crippen molar-refractivity contribution in [3.8, 4) is 0 Å². The monoisotopic (exact) mass is 275 g/mol. The Labute approximate surface area is 106 Å². The largest absolute Gasteiger partial charge is 0.457 e. The lowest BCUT2D eigenvalue weighted by Crippen LogP contribution is -2.20. The van der Waals surface area contributed by atoms with Crippen LogP contribution in [-0.4, -0.2) is 20.5 Å². The molecule has 0 fully saturated rings. The average molecular weight is 275 g/mol. The Morgan fingerprint density at radius 2 is 1.94 bits per heavy atom. The molecule has 0 amide bonds. The van der Waals surface area contributed by atoms with Crippen molar-refractivity contribution in [3.63, 3.8) is 0 Å². The van der Waals surface area contributed by atoms with Gasteiger partial charge < -0.3 is 9.15 Å². The molecule has 0 saturated heterocycles. The number of furan rings is 1. The normalized spacial score (nSPS) is 13.7. The van der Waals surface area contributed by atoms with E-state index in [1.807, 2.05) is 13.8 Å². The first-order valence-corrected chi connectivity index (χ1v) is 7.01. The van der Waals surface area contributed by atoms with E-state index < -0.39 is 16.0 Å². The molecule has 0 aromatic carbocycles. The summed E-state index contributed by atoms with van der Waals surface area (Å²) in [7, 11) is -3.89. The molecule has 0 radical (unpaired) electrons. The third kappa shape index (κ3) is 3.33. The van der Waals surface area contributed by atoms with Gasteiger partial charge in [0.15, 0.2) is 0 Å². The van der Waals surface area contributed by atoms with Crippen molar-refractivity contribution in [3.05, 3.63) is 17.6 Å². The summed E-state index contributed by atoms with van der Waals surface area (Å²) < 4.78 is 32.5. The maximum atomic E-state index is 11.7. The third-order valence-corrected chi connectivity index (χ3v) is 3.63. The van der Waals surface area contributed by atoms with E-state index in [1.165, 1.54) is 6.92 Å². The average Bonchev–Trinajstić information content (AvgIpc) is 2.59. The number of hydrogen-bond donors (Lipinski definition) is 1. The second kappa shape index (κ2) is 5.11. The summed E-state index contributed by atoms with van der Waals surface area (Å²) in [5.41, 5.74) is 0. The number of aryl methyl sites for hydroxylation is 1. The number of rotatable bonds is 4. The van der Waals surface area contributed by atoms with E-state index in [0.717, 1.165) is 6.07 Å². The minimum absolute atomic E-state index is 0.0710. The summed E-state index contributed by atoms with van der Waals surface area (Å²) in [5.74, 6) is -0.636. The Hall–Kier alpha value is -1.34. The number of sulfonamides is 1. The number of primary sulfonamides is 1. The zero-order valence-electron chi connectivity index (χ0n) is 10.8. The lowest BCUT2D eigenvalue weighted by molar-refractivity contribution is 0.0202. The molecule has 1 rings (SSSR count). The number of carbonyl (C=O) groups excluding carboxylic acids is 1. The molecule has 0 aliphatic heterocycles. The van der Waals surface area contributed by atoms with E-state index in [1.54, 1.807) is 6.92 Å². The first-order chi connectivity index (χ1) is 8.12. The highest BCUT2D eigenvalue weighted by atomic mass is 32.2. The van der Waals surface area contributed by atoms with Crippen molar-refractivity contribution in [2.45, 2.75) is 38.7 Å². The molecular weight excluding hydrogens is 258 g/mol. The summed E-state index contributed by atoms with van der Waals surface area (Å²) in [5, 5.41) is 4.98. The van der Waals surface area contributed by atoms with E-state index in [2.05, 4.69) is 0 Å². The maximum absolute atomic E-state index is 11.7. The lowest BCUT2D eigenvalue weighted by Gasteiger charge is -2.15. The molecule has 2 N–H and O–H groups in total. The van der Waals surface area contributed by atoms with E-state index >= 15 is 0 Å². The number of carbonyl (C=O) groups is 1. The summed E-state index contributed by atoms with van der Waals surface area (Å²) in [4.78, 5) is 11.5. The molecule has 0 bridgehead atoms. The SMILES string of the molecule is Cc1oc(C(=O)OC(C)C(C)C)cc1S(N)(=O)=O.